The zero-order valence-corrected chi connectivity index (χ0v) is 30.6. The summed E-state index contributed by atoms with van der Waals surface area (Å²) in [4.78, 5) is 26.2. The third-order valence-electron chi connectivity index (χ3n) is 9.01. The second kappa shape index (κ2) is 17.1. The zero-order valence-electron chi connectivity index (χ0n) is 28.9. The van der Waals surface area contributed by atoms with Crippen LogP contribution in [0.25, 0.3) is 0 Å². The number of aliphatic hydroxyl groups is 1. The van der Waals surface area contributed by atoms with Crippen LogP contribution in [-0.4, -0.2) is 62.2 Å². The molecule has 1 saturated heterocycles. The molecular formula is C41H40N2O8Se. The van der Waals surface area contributed by atoms with Crippen molar-refractivity contribution >= 4 is 15.0 Å². The summed E-state index contributed by atoms with van der Waals surface area (Å²) in [7, 11) is 3.23. The van der Waals surface area contributed by atoms with Crippen LogP contribution in [-0.2, 0) is 33.1 Å². The second-order valence-corrected chi connectivity index (χ2v) is 14.5. The van der Waals surface area contributed by atoms with Crippen LogP contribution in [0.1, 0.15) is 28.5 Å². The number of aliphatic hydroxyl groups excluding tert-OH is 1. The summed E-state index contributed by atoms with van der Waals surface area (Å²) in [6, 6.07) is 35.9. The molecule has 0 aliphatic carbocycles. The first kappa shape index (κ1) is 36.9. The molecule has 1 aromatic heterocycles. The molecule has 0 bridgehead atoms. The predicted octanol–water partition coefficient (Wildman–Crippen LogP) is 5.01. The normalized spacial score (nSPS) is 18.5. The molecule has 0 amide bonds. The first-order valence-electron chi connectivity index (χ1n) is 16.7. The first-order chi connectivity index (χ1) is 25.4. The van der Waals surface area contributed by atoms with Crippen LogP contribution in [0, 0.1) is 12.3 Å². The summed E-state index contributed by atoms with van der Waals surface area (Å²) in [6.45, 7) is -0.0837. The first-order valence-corrected chi connectivity index (χ1v) is 18.9. The SMILES string of the molecule is C#CC[Se][C@@H]1[C@H](O)[C@@H](COC(c2ccccc2)(c2ccc(OC)cc2)c2ccc(OC)cc2)O[C@H]1n1ccc(=O)n(COCc2ccccc2)c1=O. The Kier molecular flexibility index (Phi) is 12.1. The van der Waals surface area contributed by atoms with Gasteiger partial charge in [-0.05, 0) is 0 Å². The molecule has 1 fully saturated rings. The third-order valence-corrected chi connectivity index (χ3v) is 11.6. The maximum atomic E-state index is 13.8. The molecule has 0 unspecified atom stereocenters. The summed E-state index contributed by atoms with van der Waals surface area (Å²) >= 11 is -0.319. The molecule has 0 radical (unpaired) electrons. The Hall–Kier alpha value is -4.92. The van der Waals surface area contributed by atoms with E-state index in [2.05, 4.69) is 5.92 Å². The average Bonchev–Trinajstić information content (AvgIpc) is 3.50. The van der Waals surface area contributed by atoms with Gasteiger partial charge in [-0.1, -0.05) is 0 Å². The quantitative estimate of drug-likeness (QED) is 0.0901. The number of rotatable bonds is 15. The van der Waals surface area contributed by atoms with Gasteiger partial charge in [-0.15, -0.1) is 0 Å². The van der Waals surface area contributed by atoms with Gasteiger partial charge in [0.15, 0.2) is 0 Å². The van der Waals surface area contributed by atoms with Crippen molar-refractivity contribution in [2.45, 2.75) is 47.5 Å². The topological polar surface area (TPSA) is 110 Å². The van der Waals surface area contributed by atoms with E-state index in [-0.39, 0.29) is 34.9 Å². The zero-order chi connectivity index (χ0) is 36.5. The third kappa shape index (κ3) is 7.78. The van der Waals surface area contributed by atoms with Crippen LogP contribution in [0.5, 0.6) is 11.5 Å². The molecule has 10 nitrogen and oxygen atoms in total. The summed E-state index contributed by atoms with van der Waals surface area (Å²) < 4.78 is 32.6. The Morgan fingerprint density at radius 1 is 0.827 bits per heavy atom. The molecule has 0 saturated carbocycles. The monoisotopic (exact) mass is 768 g/mol. The van der Waals surface area contributed by atoms with Crippen LogP contribution in [0.15, 0.2) is 131 Å². The van der Waals surface area contributed by atoms with Gasteiger partial charge in [0.05, 0.1) is 0 Å². The number of terminal acetylenes is 1. The van der Waals surface area contributed by atoms with Crippen molar-refractivity contribution < 1.29 is 28.8 Å². The predicted molar refractivity (Wildman–Crippen MR) is 198 cm³/mol. The van der Waals surface area contributed by atoms with Crippen LogP contribution in [0.3, 0.4) is 0 Å². The van der Waals surface area contributed by atoms with E-state index in [1.54, 1.807) is 14.2 Å². The molecule has 4 atom stereocenters. The van der Waals surface area contributed by atoms with Gasteiger partial charge in [0.2, 0.25) is 0 Å². The molecular weight excluding hydrogens is 727 g/mol. The molecule has 0 spiro atoms. The van der Waals surface area contributed by atoms with Crippen molar-refractivity contribution in [2.75, 3.05) is 20.8 Å². The van der Waals surface area contributed by atoms with Crippen molar-refractivity contribution in [1.29, 1.82) is 0 Å². The fourth-order valence-electron chi connectivity index (χ4n) is 6.36. The number of hydrogen-bond acceptors (Lipinski definition) is 8. The van der Waals surface area contributed by atoms with Gasteiger partial charge in [-0.25, -0.2) is 0 Å². The molecule has 268 valence electrons. The van der Waals surface area contributed by atoms with E-state index >= 15 is 0 Å². The number of hydrogen-bond donors (Lipinski definition) is 1. The summed E-state index contributed by atoms with van der Waals surface area (Å²) in [6.07, 6.45) is 4.29. The van der Waals surface area contributed by atoms with Gasteiger partial charge in [0.25, 0.3) is 0 Å². The van der Waals surface area contributed by atoms with Crippen LogP contribution < -0.4 is 20.7 Å². The minimum atomic E-state index is -1.15. The molecule has 2 heterocycles. The Morgan fingerprint density at radius 2 is 1.40 bits per heavy atom. The van der Waals surface area contributed by atoms with E-state index < -0.39 is 40.1 Å². The van der Waals surface area contributed by atoms with Crippen LogP contribution >= 0.6 is 0 Å². The number of nitrogens with zero attached hydrogens (tertiary/aromatic N) is 2. The van der Waals surface area contributed by atoms with Gasteiger partial charge in [-0.3, -0.25) is 0 Å². The fourth-order valence-corrected chi connectivity index (χ4v) is 8.50. The van der Waals surface area contributed by atoms with Gasteiger partial charge < -0.3 is 0 Å². The van der Waals surface area contributed by atoms with Crippen molar-refractivity contribution in [3.63, 3.8) is 0 Å². The van der Waals surface area contributed by atoms with E-state index in [0.717, 1.165) is 26.8 Å². The van der Waals surface area contributed by atoms with Crippen molar-refractivity contribution in [2.24, 2.45) is 0 Å². The van der Waals surface area contributed by atoms with Gasteiger partial charge in [-0.2, -0.15) is 0 Å². The average molecular weight is 768 g/mol. The van der Waals surface area contributed by atoms with E-state index in [9.17, 15) is 14.7 Å². The molecule has 4 aromatic carbocycles. The second-order valence-electron chi connectivity index (χ2n) is 12.1. The van der Waals surface area contributed by atoms with E-state index in [1.807, 2.05) is 109 Å². The Labute approximate surface area is 308 Å². The van der Waals surface area contributed by atoms with Crippen LogP contribution in [0.2, 0.25) is 10.1 Å². The maximum absolute atomic E-state index is 13.8. The fraction of sp³-hybridized carbons (Fsp3) is 0.268. The van der Waals surface area contributed by atoms with Gasteiger partial charge >= 0.3 is 310 Å². The molecule has 5 aromatic rings. The Balaban J connectivity index is 1.34. The van der Waals surface area contributed by atoms with Gasteiger partial charge in [0.1, 0.15) is 0 Å². The van der Waals surface area contributed by atoms with Gasteiger partial charge in [0, 0.05) is 0 Å². The van der Waals surface area contributed by atoms with E-state index in [4.69, 9.17) is 30.1 Å². The molecule has 1 N–H and O–H groups in total. The number of ether oxygens (including phenoxy) is 5. The molecule has 11 heteroatoms. The van der Waals surface area contributed by atoms with Crippen molar-refractivity contribution in [3.8, 4) is 23.8 Å². The summed E-state index contributed by atoms with van der Waals surface area (Å²) in [5.41, 5.74) is 1.12. The standard InChI is InChI=1S/C41H40N2O8Se/c1-4-25-52-38-37(45)35(51-39(38)42-24-23-36(44)43(40(42)46)28-49-26-29-11-7-5-8-12-29)27-50-41(30-13-9-6-10-14-30,31-15-19-33(47-2)20-16-31)32-17-21-34(48-3)22-18-32/h1,5-24,35,37-39,45H,25-28H2,2-3H3/t35-,37-,38-,39-/m1/s1. The summed E-state index contributed by atoms with van der Waals surface area (Å²) in [5, 5.41) is 12.2. The Bertz CT molecular complexity index is 2010. The molecule has 1 aliphatic rings. The number of benzene rings is 4. The molecule has 6 rings (SSSR count). The number of methoxy groups -OCH3 is 2. The van der Waals surface area contributed by atoms with Crippen LogP contribution in [0.4, 0.5) is 0 Å². The number of aromatic nitrogens is 2. The minimum absolute atomic E-state index is 0.0537. The van der Waals surface area contributed by atoms with E-state index in [0.29, 0.717) is 16.8 Å². The summed E-state index contributed by atoms with van der Waals surface area (Å²) in [5.74, 6) is 4.04. The van der Waals surface area contributed by atoms with E-state index in [1.165, 1.54) is 16.8 Å². The van der Waals surface area contributed by atoms with Crippen molar-refractivity contribution in [3.05, 3.63) is 165 Å². The molecule has 52 heavy (non-hydrogen) atoms. The molecule has 1 aliphatic heterocycles. The van der Waals surface area contributed by atoms with Crippen molar-refractivity contribution in [1.82, 2.24) is 9.13 Å². The Morgan fingerprint density at radius 3 is 1.98 bits per heavy atom.